The Balaban J connectivity index is 3.16. The fourth-order valence-corrected chi connectivity index (χ4v) is 3.26. The number of rotatable bonds is 7. The molecule has 21 heavy (non-hydrogen) atoms. The zero-order chi connectivity index (χ0) is 16.3. The number of alkyl halides is 3. The summed E-state index contributed by atoms with van der Waals surface area (Å²) in [4.78, 5) is -0.385. The van der Waals surface area contributed by atoms with Crippen LogP contribution in [-0.2, 0) is 16.6 Å². The number of hydrogen-bond acceptors (Lipinski definition) is 4. The molecule has 1 heterocycles. The number of nitrogens with two attached hydrogens (primary N) is 1. The van der Waals surface area contributed by atoms with Gasteiger partial charge in [0, 0.05) is 19.3 Å². The molecule has 0 aromatic carbocycles. The highest BCUT2D eigenvalue weighted by molar-refractivity contribution is 7.89. The summed E-state index contributed by atoms with van der Waals surface area (Å²) >= 11 is 0. The number of aryl methyl sites for hydroxylation is 1. The van der Waals surface area contributed by atoms with Crippen LogP contribution in [0, 0.1) is 0 Å². The minimum Gasteiger partial charge on any atom is -0.381 e. The van der Waals surface area contributed by atoms with Gasteiger partial charge in [0.05, 0.1) is 0 Å². The Bertz CT molecular complexity index is 569. The number of nitrogens with zero attached hydrogens (tertiary/aromatic N) is 3. The molecule has 1 aromatic heterocycles. The van der Waals surface area contributed by atoms with Gasteiger partial charge in [0.1, 0.15) is 11.4 Å². The normalized spacial score (nSPS) is 13.0. The van der Waals surface area contributed by atoms with E-state index in [1.54, 1.807) is 13.8 Å². The summed E-state index contributed by atoms with van der Waals surface area (Å²) in [6.45, 7) is 2.10. The quantitative estimate of drug-likeness (QED) is 0.828. The van der Waals surface area contributed by atoms with E-state index in [1.165, 1.54) is 4.68 Å². The van der Waals surface area contributed by atoms with Crippen LogP contribution in [0.3, 0.4) is 0 Å². The Morgan fingerprint density at radius 1 is 1.38 bits per heavy atom. The van der Waals surface area contributed by atoms with Crippen LogP contribution in [0.25, 0.3) is 0 Å². The van der Waals surface area contributed by atoms with Gasteiger partial charge in [0.15, 0.2) is 5.82 Å². The highest BCUT2D eigenvalue weighted by Crippen LogP contribution is 2.25. The molecule has 1 rings (SSSR count). The number of unbranched alkanes of at least 4 members (excludes halogenated alkanes) is 1. The van der Waals surface area contributed by atoms with Gasteiger partial charge in [0.25, 0.3) is 0 Å². The van der Waals surface area contributed by atoms with Gasteiger partial charge < -0.3 is 5.73 Å². The average Bonchev–Trinajstić information content (AvgIpc) is 2.75. The molecule has 0 radical (unpaired) electrons. The molecule has 0 spiro atoms. The van der Waals surface area contributed by atoms with Crippen LogP contribution in [0.4, 0.5) is 19.0 Å². The van der Waals surface area contributed by atoms with Crippen LogP contribution in [-0.4, -0.2) is 41.8 Å². The largest absolute Gasteiger partial charge is 0.402 e. The van der Waals surface area contributed by atoms with Crippen LogP contribution >= 0.6 is 0 Å². The minimum absolute atomic E-state index is 0.213. The van der Waals surface area contributed by atoms with Gasteiger partial charge in [-0.15, -0.1) is 0 Å². The fourth-order valence-electron chi connectivity index (χ4n) is 1.74. The monoisotopic (exact) mass is 328 g/mol. The van der Waals surface area contributed by atoms with Crippen LogP contribution < -0.4 is 5.73 Å². The first-order chi connectivity index (χ1) is 9.61. The first-order valence-corrected chi connectivity index (χ1v) is 7.95. The summed E-state index contributed by atoms with van der Waals surface area (Å²) in [5, 5.41) is 3.76. The maximum absolute atomic E-state index is 12.6. The number of halogens is 3. The first kappa shape index (κ1) is 17.8. The van der Waals surface area contributed by atoms with E-state index >= 15 is 0 Å². The van der Waals surface area contributed by atoms with Crippen LogP contribution in [0.5, 0.6) is 0 Å². The average molecular weight is 328 g/mol. The molecule has 0 aliphatic rings. The highest BCUT2D eigenvalue weighted by atomic mass is 32.2. The zero-order valence-corrected chi connectivity index (χ0v) is 12.7. The second-order valence-corrected chi connectivity index (χ2v) is 6.45. The smallest absolute Gasteiger partial charge is 0.381 e. The lowest BCUT2D eigenvalue weighted by Gasteiger charge is -2.22. The lowest BCUT2D eigenvalue weighted by atomic mass is 10.3. The summed E-state index contributed by atoms with van der Waals surface area (Å²) in [5.41, 5.74) is 5.51. The second kappa shape index (κ2) is 6.65. The van der Waals surface area contributed by atoms with Crippen molar-refractivity contribution in [3.05, 3.63) is 6.20 Å². The van der Waals surface area contributed by atoms with Gasteiger partial charge in [-0.2, -0.15) is 22.6 Å². The number of anilines is 1. The van der Waals surface area contributed by atoms with E-state index in [0.29, 0.717) is 23.7 Å². The SMILES string of the molecule is CCCCN(CC(F)(F)F)S(=O)(=O)c1cn(CC)nc1N. The predicted octanol–water partition coefficient (Wildman–Crippen LogP) is 1.84. The van der Waals surface area contributed by atoms with E-state index in [0.717, 1.165) is 6.20 Å². The summed E-state index contributed by atoms with van der Waals surface area (Å²) in [5.74, 6) is -0.291. The number of aromatic nitrogens is 2. The third-order valence-electron chi connectivity index (χ3n) is 2.81. The third kappa shape index (κ3) is 4.60. The molecule has 1 aromatic rings. The summed E-state index contributed by atoms with van der Waals surface area (Å²) in [7, 11) is -4.32. The minimum atomic E-state index is -4.61. The van der Waals surface area contributed by atoms with Crippen molar-refractivity contribution in [3.63, 3.8) is 0 Å². The molecule has 0 aliphatic heterocycles. The van der Waals surface area contributed by atoms with Gasteiger partial charge in [-0.25, -0.2) is 8.42 Å². The molecule has 0 unspecified atom stereocenters. The standard InChI is InChI=1S/C11H19F3N4O2S/c1-3-5-6-18(8-11(12,13)14)21(19,20)9-7-17(4-2)16-10(9)15/h7H,3-6,8H2,1-2H3,(H2,15,16). The van der Waals surface area contributed by atoms with Gasteiger partial charge in [0.2, 0.25) is 10.0 Å². The molecule has 0 amide bonds. The molecule has 0 aliphatic carbocycles. The van der Waals surface area contributed by atoms with E-state index in [2.05, 4.69) is 5.10 Å². The van der Waals surface area contributed by atoms with Crippen molar-refractivity contribution in [1.82, 2.24) is 14.1 Å². The van der Waals surface area contributed by atoms with Crippen molar-refractivity contribution in [2.24, 2.45) is 0 Å². The lowest BCUT2D eigenvalue weighted by molar-refractivity contribution is -0.136. The molecular formula is C11H19F3N4O2S. The molecular weight excluding hydrogens is 309 g/mol. The van der Waals surface area contributed by atoms with Crippen molar-refractivity contribution in [3.8, 4) is 0 Å². The van der Waals surface area contributed by atoms with Crippen LogP contribution in [0.2, 0.25) is 0 Å². The van der Waals surface area contributed by atoms with E-state index in [9.17, 15) is 21.6 Å². The van der Waals surface area contributed by atoms with Crippen molar-refractivity contribution in [1.29, 1.82) is 0 Å². The third-order valence-corrected chi connectivity index (χ3v) is 4.68. The zero-order valence-electron chi connectivity index (χ0n) is 11.9. The lowest BCUT2D eigenvalue weighted by Crippen LogP contribution is -2.39. The number of sulfonamides is 1. The summed E-state index contributed by atoms with van der Waals surface area (Å²) < 4.78 is 64.2. The highest BCUT2D eigenvalue weighted by Gasteiger charge is 2.38. The molecule has 2 N–H and O–H groups in total. The van der Waals surface area contributed by atoms with Gasteiger partial charge in [-0.05, 0) is 13.3 Å². The van der Waals surface area contributed by atoms with E-state index in [4.69, 9.17) is 5.73 Å². The summed E-state index contributed by atoms with van der Waals surface area (Å²) in [6, 6.07) is 0. The van der Waals surface area contributed by atoms with Gasteiger partial charge in [-0.1, -0.05) is 13.3 Å². The molecule has 0 bridgehead atoms. The Morgan fingerprint density at radius 2 is 2.00 bits per heavy atom. The maximum atomic E-state index is 12.6. The van der Waals surface area contributed by atoms with E-state index < -0.39 is 22.7 Å². The van der Waals surface area contributed by atoms with Crippen molar-refractivity contribution >= 4 is 15.8 Å². The Labute approximate surface area is 121 Å². The van der Waals surface area contributed by atoms with Crippen LogP contribution in [0.1, 0.15) is 26.7 Å². The number of nitrogen functional groups attached to an aromatic ring is 1. The van der Waals surface area contributed by atoms with Crippen molar-refractivity contribution < 1.29 is 21.6 Å². The Kier molecular flexibility index (Phi) is 5.62. The molecule has 10 heteroatoms. The van der Waals surface area contributed by atoms with E-state index in [1.807, 2.05) is 0 Å². The molecule has 0 saturated carbocycles. The molecule has 6 nitrogen and oxygen atoms in total. The Hall–Kier alpha value is -1.29. The van der Waals surface area contributed by atoms with Gasteiger partial charge in [-0.3, -0.25) is 4.68 Å². The summed E-state index contributed by atoms with van der Waals surface area (Å²) in [6.07, 6.45) is -2.55. The first-order valence-electron chi connectivity index (χ1n) is 6.51. The maximum Gasteiger partial charge on any atom is 0.402 e. The van der Waals surface area contributed by atoms with Crippen molar-refractivity contribution in [2.75, 3.05) is 18.8 Å². The second-order valence-electron chi connectivity index (χ2n) is 4.54. The Morgan fingerprint density at radius 3 is 2.43 bits per heavy atom. The predicted molar refractivity (Wildman–Crippen MR) is 72.0 cm³/mol. The molecule has 0 saturated heterocycles. The van der Waals surface area contributed by atoms with Crippen molar-refractivity contribution in [2.45, 2.75) is 44.3 Å². The number of hydrogen-bond donors (Lipinski definition) is 1. The molecule has 0 fully saturated rings. The topological polar surface area (TPSA) is 81.2 Å². The fraction of sp³-hybridized carbons (Fsp3) is 0.727. The van der Waals surface area contributed by atoms with Crippen LogP contribution in [0.15, 0.2) is 11.1 Å². The molecule has 0 atom stereocenters. The van der Waals surface area contributed by atoms with Gasteiger partial charge >= 0.3 is 6.18 Å². The molecule has 122 valence electrons. The van der Waals surface area contributed by atoms with E-state index in [-0.39, 0.29) is 17.3 Å².